The summed E-state index contributed by atoms with van der Waals surface area (Å²) in [5.41, 5.74) is 9.50. The Kier molecular flexibility index (Phi) is 9.78. The van der Waals surface area contributed by atoms with Crippen molar-refractivity contribution in [1.82, 2.24) is 0 Å². The molecular formula is C46H38. The summed E-state index contributed by atoms with van der Waals surface area (Å²) in [6, 6.07) is 75.2. The first-order chi connectivity index (χ1) is 22.8. The molecule has 0 amide bonds. The minimum atomic E-state index is -0.396. The SMILES string of the molecule is C=C(c1ccccc1)c1ccccc1.c1ccc(C(c2ccccc2)C(c2ccccc2)(c2ccccc2)c2ccccc2)cc1. The van der Waals surface area contributed by atoms with Gasteiger partial charge in [0, 0.05) is 5.92 Å². The van der Waals surface area contributed by atoms with Crippen molar-refractivity contribution >= 4 is 5.57 Å². The number of benzene rings is 7. The van der Waals surface area contributed by atoms with Gasteiger partial charge in [0.05, 0.1) is 5.41 Å². The number of hydrogen-bond acceptors (Lipinski definition) is 0. The van der Waals surface area contributed by atoms with Crippen molar-refractivity contribution in [3.05, 3.63) is 258 Å². The quantitative estimate of drug-likeness (QED) is 0.154. The van der Waals surface area contributed by atoms with Gasteiger partial charge in [-0.15, -0.1) is 0 Å². The summed E-state index contributed by atoms with van der Waals surface area (Å²) in [4.78, 5) is 0. The van der Waals surface area contributed by atoms with Crippen molar-refractivity contribution in [3.8, 4) is 0 Å². The Bertz CT molecular complexity index is 1720. The van der Waals surface area contributed by atoms with Gasteiger partial charge in [-0.25, -0.2) is 0 Å². The van der Waals surface area contributed by atoms with Gasteiger partial charge >= 0.3 is 0 Å². The molecule has 46 heavy (non-hydrogen) atoms. The van der Waals surface area contributed by atoms with Crippen LogP contribution >= 0.6 is 0 Å². The van der Waals surface area contributed by atoms with Crippen molar-refractivity contribution in [2.24, 2.45) is 0 Å². The van der Waals surface area contributed by atoms with Gasteiger partial charge in [-0.1, -0.05) is 219 Å². The van der Waals surface area contributed by atoms with Crippen molar-refractivity contribution in [3.63, 3.8) is 0 Å². The van der Waals surface area contributed by atoms with Crippen molar-refractivity contribution in [1.29, 1.82) is 0 Å². The average Bonchev–Trinajstić information content (AvgIpc) is 3.16. The molecule has 0 bridgehead atoms. The fraction of sp³-hybridized carbons (Fsp3) is 0.0435. The van der Waals surface area contributed by atoms with Crippen LogP contribution in [0.2, 0.25) is 0 Å². The van der Waals surface area contributed by atoms with E-state index in [2.05, 4.69) is 183 Å². The Hall–Kier alpha value is -5.72. The monoisotopic (exact) mass is 590 g/mol. The average molecular weight is 591 g/mol. The molecule has 0 fully saturated rings. The summed E-state index contributed by atoms with van der Waals surface area (Å²) in [7, 11) is 0. The van der Waals surface area contributed by atoms with Gasteiger partial charge in [0.25, 0.3) is 0 Å². The summed E-state index contributed by atoms with van der Waals surface area (Å²) in [6.07, 6.45) is 0. The van der Waals surface area contributed by atoms with Crippen LogP contribution < -0.4 is 0 Å². The Morgan fingerprint density at radius 3 is 0.848 bits per heavy atom. The van der Waals surface area contributed by atoms with E-state index in [0.717, 1.165) is 5.57 Å². The van der Waals surface area contributed by atoms with E-state index in [-0.39, 0.29) is 5.92 Å². The van der Waals surface area contributed by atoms with Gasteiger partial charge in [0.1, 0.15) is 0 Å². The molecule has 0 N–H and O–H groups in total. The number of rotatable bonds is 8. The second-order valence-electron chi connectivity index (χ2n) is 11.4. The zero-order valence-corrected chi connectivity index (χ0v) is 26.0. The summed E-state index contributed by atoms with van der Waals surface area (Å²) in [6.45, 7) is 4.10. The van der Waals surface area contributed by atoms with Crippen LogP contribution in [0.25, 0.3) is 5.57 Å². The van der Waals surface area contributed by atoms with Gasteiger partial charge in [-0.05, 0) is 44.5 Å². The Labute approximate surface area is 274 Å². The molecule has 7 aromatic carbocycles. The van der Waals surface area contributed by atoms with Gasteiger partial charge in [0.2, 0.25) is 0 Å². The summed E-state index contributed by atoms with van der Waals surface area (Å²) >= 11 is 0. The second kappa shape index (κ2) is 14.8. The van der Waals surface area contributed by atoms with E-state index < -0.39 is 5.41 Å². The van der Waals surface area contributed by atoms with Crippen LogP contribution in [0.1, 0.15) is 44.9 Å². The van der Waals surface area contributed by atoms with Gasteiger partial charge in [-0.2, -0.15) is 0 Å². The summed E-state index contributed by atoms with van der Waals surface area (Å²) in [5.74, 6) is 0.0945. The molecule has 0 aromatic heterocycles. The number of hydrogen-bond donors (Lipinski definition) is 0. The van der Waals surface area contributed by atoms with Crippen LogP contribution in [0, 0.1) is 0 Å². The highest BCUT2D eigenvalue weighted by atomic mass is 14.5. The van der Waals surface area contributed by atoms with E-state index >= 15 is 0 Å². The van der Waals surface area contributed by atoms with E-state index in [1.165, 1.54) is 38.9 Å². The Balaban J connectivity index is 0.000000221. The van der Waals surface area contributed by atoms with Crippen LogP contribution in [0.3, 0.4) is 0 Å². The van der Waals surface area contributed by atoms with Crippen molar-refractivity contribution in [2.75, 3.05) is 0 Å². The van der Waals surface area contributed by atoms with Crippen LogP contribution in [0.5, 0.6) is 0 Å². The molecule has 0 atom stereocenters. The first-order valence-electron chi connectivity index (χ1n) is 15.8. The third-order valence-electron chi connectivity index (χ3n) is 8.63. The van der Waals surface area contributed by atoms with E-state index in [1.54, 1.807) is 0 Å². The maximum Gasteiger partial charge on any atom is 0.0560 e. The molecule has 0 nitrogen and oxygen atoms in total. The molecule has 0 spiro atoms. The van der Waals surface area contributed by atoms with E-state index in [0.29, 0.717) is 0 Å². The third kappa shape index (κ3) is 6.53. The molecule has 0 saturated heterocycles. The summed E-state index contributed by atoms with van der Waals surface area (Å²) < 4.78 is 0. The smallest absolute Gasteiger partial charge is 0.0560 e. The van der Waals surface area contributed by atoms with Crippen molar-refractivity contribution in [2.45, 2.75) is 11.3 Å². The predicted molar refractivity (Wildman–Crippen MR) is 195 cm³/mol. The van der Waals surface area contributed by atoms with Crippen LogP contribution in [-0.2, 0) is 5.41 Å². The fourth-order valence-electron chi connectivity index (χ4n) is 6.53. The van der Waals surface area contributed by atoms with Gasteiger partial charge < -0.3 is 0 Å². The second-order valence-corrected chi connectivity index (χ2v) is 11.4. The molecule has 0 unspecified atom stereocenters. The molecule has 0 aliphatic carbocycles. The predicted octanol–water partition coefficient (Wildman–Crippen LogP) is 11.6. The Morgan fingerprint density at radius 2 is 0.565 bits per heavy atom. The highest BCUT2D eigenvalue weighted by Gasteiger charge is 2.45. The molecule has 0 saturated carbocycles. The zero-order chi connectivity index (χ0) is 31.4. The zero-order valence-electron chi connectivity index (χ0n) is 26.0. The lowest BCUT2D eigenvalue weighted by Crippen LogP contribution is -2.37. The normalized spacial score (nSPS) is 10.9. The lowest BCUT2D eigenvalue weighted by Gasteiger charge is -2.43. The summed E-state index contributed by atoms with van der Waals surface area (Å²) in [5, 5.41) is 0. The first kappa shape index (κ1) is 30.3. The van der Waals surface area contributed by atoms with Crippen molar-refractivity contribution < 1.29 is 0 Å². The van der Waals surface area contributed by atoms with Gasteiger partial charge in [-0.3, -0.25) is 0 Å². The standard InChI is InChI=1S/C32H26.C14H12/c1-6-16-26(17-7-1)31(27-18-8-2-9-19-27)32(28-20-10-3-11-21-28,29-22-12-4-13-23-29)30-24-14-5-15-25-30;1-12(13-8-4-2-5-9-13)14-10-6-3-7-11-14/h1-25,31H;2-11H,1H2. The van der Waals surface area contributed by atoms with E-state index in [4.69, 9.17) is 0 Å². The molecule has 7 rings (SSSR count). The van der Waals surface area contributed by atoms with Gasteiger partial charge in [0.15, 0.2) is 0 Å². The molecule has 0 heterocycles. The van der Waals surface area contributed by atoms with Crippen LogP contribution in [0.4, 0.5) is 0 Å². The largest absolute Gasteiger partial charge is 0.0906 e. The highest BCUT2D eigenvalue weighted by Crippen LogP contribution is 2.52. The lowest BCUT2D eigenvalue weighted by atomic mass is 9.58. The lowest BCUT2D eigenvalue weighted by molar-refractivity contribution is 0.537. The maximum atomic E-state index is 4.10. The molecule has 222 valence electrons. The first-order valence-corrected chi connectivity index (χ1v) is 15.8. The van der Waals surface area contributed by atoms with Crippen LogP contribution in [-0.4, -0.2) is 0 Å². The molecule has 0 aliphatic heterocycles. The topological polar surface area (TPSA) is 0 Å². The molecule has 7 aromatic rings. The minimum absolute atomic E-state index is 0.0945. The molecular weight excluding hydrogens is 553 g/mol. The molecule has 0 aliphatic rings. The van der Waals surface area contributed by atoms with Crippen LogP contribution in [0.15, 0.2) is 219 Å². The highest BCUT2D eigenvalue weighted by molar-refractivity contribution is 5.77. The Morgan fingerprint density at radius 1 is 0.326 bits per heavy atom. The fourth-order valence-corrected chi connectivity index (χ4v) is 6.53. The molecule has 0 radical (unpaired) electrons. The minimum Gasteiger partial charge on any atom is -0.0906 e. The maximum absolute atomic E-state index is 4.10. The van der Waals surface area contributed by atoms with E-state index in [1.807, 2.05) is 36.4 Å². The third-order valence-corrected chi connectivity index (χ3v) is 8.63. The molecule has 0 heteroatoms. The van der Waals surface area contributed by atoms with E-state index in [9.17, 15) is 0 Å².